The molecule has 5 rings (SSSR count). The number of aryl methyl sites for hydroxylation is 1. The summed E-state index contributed by atoms with van der Waals surface area (Å²) in [7, 11) is 0. The van der Waals surface area contributed by atoms with Crippen LogP contribution in [0, 0.1) is 6.92 Å². The number of aromatic nitrogens is 5. The summed E-state index contributed by atoms with van der Waals surface area (Å²) in [6.07, 6.45) is 7.21. The van der Waals surface area contributed by atoms with Crippen LogP contribution in [0.15, 0.2) is 52.0 Å². The Hall–Kier alpha value is -3.26. The van der Waals surface area contributed by atoms with E-state index in [4.69, 9.17) is 4.52 Å². The van der Waals surface area contributed by atoms with Gasteiger partial charge in [-0.1, -0.05) is 41.4 Å². The Morgan fingerprint density at radius 2 is 1.83 bits per heavy atom. The molecule has 30 heavy (non-hydrogen) atoms. The monoisotopic (exact) mass is 404 g/mol. The fourth-order valence-corrected chi connectivity index (χ4v) is 3.90. The molecule has 0 bridgehead atoms. The van der Waals surface area contributed by atoms with E-state index in [1.54, 1.807) is 21.5 Å². The molecule has 3 aromatic heterocycles. The van der Waals surface area contributed by atoms with Gasteiger partial charge >= 0.3 is 0 Å². The number of fused-ring (bicyclic) bond motifs is 1. The fourth-order valence-electron chi connectivity index (χ4n) is 3.90. The molecule has 1 saturated heterocycles. The molecule has 1 aliphatic rings. The highest BCUT2D eigenvalue weighted by molar-refractivity contribution is 5.65. The topological polar surface area (TPSA) is 81.5 Å². The zero-order chi connectivity index (χ0) is 20.5. The molecule has 0 N–H and O–H groups in total. The van der Waals surface area contributed by atoms with Crippen molar-refractivity contribution in [1.82, 2.24) is 29.2 Å². The molecule has 154 valence electrons. The minimum atomic E-state index is -0.134. The number of likely N-dealkylation sites (tertiary alicyclic amines) is 1. The first-order valence-electron chi connectivity index (χ1n) is 10.4. The Morgan fingerprint density at radius 3 is 2.63 bits per heavy atom. The predicted molar refractivity (Wildman–Crippen MR) is 112 cm³/mol. The first-order chi connectivity index (χ1) is 14.7. The van der Waals surface area contributed by atoms with Crippen molar-refractivity contribution in [3.63, 3.8) is 0 Å². The SMILES string of the molecule is Cc1ccc(-c2cc3c(=O)n(Cc4noc(CN5CCCCC5)n4)ccn3n2)cc1. The van der Waals surface area contributed by atoms with Crippen LogP contribution in [0.2, 0.25) is 0 Å². The van der Waals surface area contributed by atoms with Gasteiger partial charge in [0, 0.05) is 18.0 Å². The van der Waals surface area contributed by atoms with E-state index >= 15 is 0 Å². The van der Waals surface area contributed by atoms with Crippen molar-refractivity contribution in [3.05, 3.63) is 70.4 Å². The third-order valence-electron chi connectivity index (χ3n) is 5.58. The summed E-state index contributed by atoms with van der Waals surface area (Å²) < 4.78 is 8.61. The molecular formula is C22H24N6O2. The maximum Gasteiger partial charge on any atom is 0.277 e. The Labute approximate surface area is 173 Å². The largest absolute Gasteiger partial charge is 0.338 e. The number of rotatable bonds is 5. The summed E-state index contributed by atoms with van der Waals surface area (Å²) in [5.74, 6) is 1.11. The molecular weight excluding hydrogens is 380 g/mol. The molecule has 0 spiro atoms. The maximum absolute atomic E-state index is 13.0. The second-order valence-corrected chi connectivity index (χ2v) is 7.90. The summed E-state index contributed by atoms with van der Waals surface area (Å²) in [5, 5.41) is 8.60. The molecule has 0 amide bonds. The third kappa shape index (κ3) is 3.78. The van der Waals surface area contributed by atoms with Crippen LogP contribution in [0.4, 0.5) is 0 Å². The van der Waals surface area contributed by atoms with Crippen molar-refractivity contribution in [1.29, 1.82) is 0 Å². The number of benzene rings is 1. The number of hydrogen-bond acceptors (Lipinski definition) is 6. The predicted octanol–water partition coefficient (Wildman–Crippen LogP) is 2.89. The lowest BCUT2D eigenvalue weighted by Crippen LogP contribution is -2.29. The molecule has 4 heterocycles. The van der Waals surface area contributed by atoms with Crippen molar-refractivity contribution in [2.45, 2.75) is 39.3 Å². The standard InChI is InChI=1S/C22H24N6O2/c1-16-5-7-17(8-6-16)18-13-19-22(29)27(11-12-28(19)24-18)14-20-23-21(30-25-20)15-26-9-3-2-4-10-26/h5-8,11-13H,2-4,9-10,14-15H2,1H3. The van der Waals surface area contributed by atoms with E-state index in [0.717, 1.165) is 24.3 Å². The van der Waals surface area contributed by atoms with Crippen LogP contribution in [-0.4, -0.2) is 42.3 Å². The van der Waals surface area contributed by atoms with Crippen LogP contribution in [0.5, 0.6) is 0 Å². The number of piperidine rings is 1. The first-order valence-corrected chi connectivity index (χ1v) is 10.4. The zero-order valence-corrected chi connectivity index (χ0v) is 17.0. The van der Waals surface area contributed by atoms with Crippen molar-refractivity contribution in [2.75, 3.05) is 13.1 Å². The highest BCUT2D eigenvalue weighted by Crippen LogP contribution is 2.19. The Balaban J connectivity index is 1.36. The van der Waals surface area contributed by atoms with E-state index in [0.29, 0.717) is 23.8 Å². The van der Waals surface area contributed by atoms with Gasteiger partial charge in [-0.15, -0.1) is 0 Å². The molecule has 1 fully saturated rings. The van der Waals surface area contributed by atoms with Gasteiger partial charge in [-0.25, -0.2) is 4.52 Å². The Morgan fingerprint density at radius 1 is 1.03 bits per heavy atom. The van der Waals surface area contributed by atoms with Gasteiger partial charge in [0.1, 0.15) is 5.52 Å². The molecule has 4 aromatic rings. The van der Waals surface area contributed by atoms with Gasteiger partial charge in [0.15, 0.2) is 5.82 Å². The van der Waals surface area contributed by atoms with Gasteiger partial charge in [-0.3, -0.25) is 9.69 Å². The summed E-state index contributed by atoms with van der Waals surface area (Å²) >= 11 is 0. The van der Waals surface area contributed by atoms with Crippen molar-refractivity contribution >= 4 is 5.52 Å². The lowest BCUT2D eigenvalue weighted by Gasteiger charge is -2.24. The van der Waals surface area contributed by atoms with E-state index in [1.165, 1.54) is 24.8 Å². The molecule has 0 atom stereocenters. The summed E-state index contributed by atoms with van der Waals surface area (Å²) in [6, 6.07) is 9.92. The normalized spacial score (nSPS) is 15.1. The number of hydrogen-bond donors (Lipinski definition) is 0. The smallest absolute Gasteiger partial charge is 0.277 e. The highest BCUT2D eigenvalue weighted by atomic mass is 16.5. The summed E-state index contributed by atoms with van der Waals surface area (Å²) in [5.41, 5.74) is 3.32. The Bertz CT molecular complexity index is 1210. The van der Waals surface area contributed by atoms with Gasteiger partial charge < -0.3 is 9.09 Å². The summed E-state index contributed by atoms with van der Waals surface area (Å²) in [6.45, 7) is 5.12. The minimum absolute atomic E-state index is 0.134. The van der Waals surface area contributed by atoms with Gasteiger partial charge in [0.2, 0.25) is 5.89 Å². The summed E-state index contributed by atoms with van der Waals surface area (Å²) in [4.78, 5) is 19.8. The zero-order valence-electron chi connectivity index (χ0n) is 17.0. The second kappa shape index (κ2) is 7.87. The third-order valence-corrected chi connectivity index (χ3v) is 5.58. The number of nitrogens with zero attached hydrogens (tertiary/aromatic N) is 6. The van der Waals surface area contributed by atoms with Crippen LogP contribution >= 0.6 is 0 Å². The van der Waals surface area contributed by atoms with E-state index in [2.05, 4.69) is 20.1 Å². The average molecular weight is 404 g/mol. The molecule has 8 nitrogen and oxygen atoms in total. The minimum Gasteiger partial charge on any atom is -0.338 e. The van der Waals surface area contributed by atoms with Gasteiger partial charge in [0.05, 0.1) is 18.8 Å². The molecule has 8 heteroatoms. The van der Waals surface area contributed by atoms with Crippen molar-refractivity contribution < 1.29 is 4.52 Å². The lowest BCUT2D eigenvalue weighted by atomic mass is 10.1. The van der Waals surface area contributed by atoms with E-state index in [1.807, 2.05) is 37.3 Å². The first kappa shape index (κ1) is 18.7. The molecule has 1 aromatic carbocycles. The van der Waals surface area contributed by atoms with E-state index in [9.17, 15) is 4.79 Å². The lowest BCUT2D eigenvalue weighted by molar-refractivity contribution is 0.193. The molecule has 1 aliphatic heterocycles. The molecule has 0 aliphatic carbocycles. The highest BCUT2D eigenvalue weighted by Gasteiger charge is 2.16. The van der Waals surface area contributed by atoms with Gasteiger partial charge in [-0.05, 0) is 38.9 Å². The van der Waals surface area contributed by atoms with Crippen LogP contribution in [0.25, 0.3) is 16.8 Å². The van der Waals surface area contributed by atoms with Crippen LogP contribution in [0.3, 0.4) is 0 Å². The molecule has 0 radical (unpaired) electrons. The fraction of sp³-hybridized carbons (Fsp3) is 0.364. The van der Waals surface area contributed by atoms with Crippen LogP contribution in [0.1, 0.15) is 36.5 Å². The van der Waals surface area contributed by atoms with Crippen molar-refractivity contribution in [3.8, 4) is 11.3 Å². The van der Waals surface area contributed by atoms with Crippen LogP contribution < -0.4 is 5.56 Å². The maximum atomic E-state index is 13.0. The van der Waals surface area contributed by atoms with Gasteiger partial charge in [0.25, 0.3) is 5.56 Å². The Kier molecular flexibility index (Phi) is 4.92. The van der Waals surface area contributed by atoms with Crippen molar-refractivity contribution in [2.24, 2.45) is 0 Å². The second-order valence-electron chi connectivity index (χ2n) is 7.90. The van der Waals surface area contributed by atoms with E-state index < -0.39 is 0 Å². The molecule has 0 saturated carbocycles. The quantitative estimate of drug-likeness (QED) is 0.509. The average Bonchev–Trinajstić information content (AvgIpc) is 3.39. The van der Waals surface area contributed by atoms with E-state index in [-0.39, 0.29) is 12.1 Å². The molecule has 0 unspecified atom stereocenters. The van der Waals surface area contributed by atoms with Gasteiger partial charge in [-0.2, -0.15) is 10.1 Å². The van der Waals surface area contributed by atoms with Crippen LogP contribution in [-0.2, 0) is 13.1 Å².